The molecule has 1 heterocycles. The minimum atomic E-state index is -0.122. The molecule has 1 aromatic rings. The Labute approximate surface area is 106 Å². The molecule has 0 fully saturated rings. The number of H-pyrrole nitrogens is 1. The van der Waals surface area contributed by atoms with Crippen LogP contribution >= 0.6 is 24.4 Å². The average molecular weight is 261 g/mol. The van der Waals surface area contributed by atoms with Crippen LogP contribution in [0.5, 0.6) is 0 Å². The normalized spacial score (nSPS) is 12.9. The van der Waals surface area contributed by atoms with Gasteiger partial charge in [0.1, 0.15) is 0 Å². The predicted molar refractivity (Wildman–Crippen MR) is 71.5 cm³/mol. The summed E-state index contributed by atoms with van der Waals surface area (Å²) in [4.78, 5) is 11.3. The minimum Gasteiger partial charge on any atom is -0.270 e. The third kappa shape index (κ3) is 3.59. The summed E-state index contributed by atoms with van der Waals surface area (Å²) in [6.07, 6.45) is 2.35. The molecule has 0 aliphatic rings. The summed E-state index contributed by atoms with van der Waals surface area (Å²) < 4.78 is 1.66. The first-order valence-corrected chi connectivity index (χ1v) is 7.23. The van der Waals surface area contributed by atoms with Crippen LogP contribution < -0.4 is 5.69 Å². The number of aromatic amines is 1. The smallest absolute Gasteiger partial charge is 0.270 e. The van der Waals surface area contributed by atoms with E-state index in [0.717, 1.165) is 16.7 Å². The lowest BCUT2D eigenvalue weighted by molar-refractivity contribution is 0.592. The summed E-state index contributed by atoms with van der Waals surface area (Å²) in [5, 5.41) is 7.28. The Kier molecular flexibility index (Phi) is 6.05. The van der Waals surface area contributed by atoms with E-state index in [9.17, 15) is 4.79 Å². The third-order valence-electron chi connectivity index (χ3n) is 2.44. The van der Waals surface area contributed by atoms with Gasteiger partial charge in [0.15, 0.2) is 5.16 Å². The van der Waals surface area contributed by atoms with Gasteiger partial charge < -0.3 is 0 Å². The molecule has 0 aliphatic heterocycles. The fourth-order valence-electron chi connectivity index (χ4n) is 1.52. The molecule has 1 rings (SSSR count). The molecule has 0 aliphatic carbocycles. The van der Waals surface area contributed by atoms with Gasteiger partial charge in [-0.3, -0.25) is 4.57 Å². The van der Waals surface area contributed by atoms with E-state index in [-0.39, 0.29) is 5.69 Å². The van der Waals surface area contributed by atoms with Crippen molar-refractivity contribution in [1.29, 1.82) is 0 Å². The second kappa shape index (κ2) is 7.06. The summed E-state index contributed by atoms with van der Waals surface area (Å²) >= 11 is 5.98. The van der Waals surface area contributed by atoms with Crippen molar-refractivity contribution in [3.63, 3.8) is 0 Å². The van der Waals surface area contributed by atoms with Gasteiger partial charge >= 0.3 is 5.69 Å². The van der Waals surface area contributed by atoms with E-state index in [1.165, 1.54) is 12.8 Å². The van der Waals surface area contributed by atoms with E-state index < -0.39 is 0 Å². The fraction of sp³-hybridized carbons (Fsp3) is 0.800. The number of thioether (sulfide) groups is 1. The van der Waals surface area contributed by atoms with Crippen LogP contribution in [0.25, 0.3) is 0 Å². The van der Waals surface area contributed by atoms with Gasteiger partial charge in [0.05, 0.1) is 0 Å². The van der Waals surface area contributed by atoms with Gasteiger partial charge in [-0.2, -0.15) is 12.6 Å². The predicted octanol–water partition coefficient (Wildman–Crippen LogP) is 2.03. The van der Waals surface area contributed by atoms with Crippen molar-refractivity contribution < 1.29 is 0 Å². The Bertz CT molecular complexity index is 361. The van der Waals surface area contributed by atoms with Crippen LogP contribution in [-0.2, 0) is 6.54 Å². The Hall–Kier alpha value is -0.360. The average Bonchev–Trinajstić information content (AvgIpc) is 2.65. The van der Waals surface area contributed by atoms with Crippen LogP contribution in [0.15, 0.2) is 9.95 Å². The SMILES string of the molecule is CCCC(CS)CSc1n[nH]c(=O)n1CC. The summed E-state index contributed by atoms with van der Waals surface area (Å²) in [5.74, 6) is 2.46. The summed E-state index contributed by atoms with van der Waals surface area (Å²) in [5.41, 5.74) is -0.122. The highest BCUT2D eigenvalue weighted by molar-refractivity contribution is 7.99. The van der Waals surface area contributed by atoms with Crippen molar-refractivity contribution in [3.8, 4) is 0 Å². The number of aromatic nitrogens is 3. The van der Waals surface area contributed by atoms with Gasteiger partial charge in [-0.05, 0) is 25.0 Å². The van der Waals surface area contributed by atoms with Gasteiger partial charge in [0, 0.05) is 12.3 Å². The largest absolute Gasteiger partial charge is 0.343 e. The summed E-state index contributed by atoms with van der Waals surface area (Å²) in [7, 11) is 0. The molecule has 0 amide bonds. The van der Waals surface area contributed by atoms with Gasteiger partial charge in [-0.1, -0.05) is 25.1 Å². The van der Waals surface area contributed by atoms with Crippen molar-refractivity contribution >= 4 is 24.4 Å². The molecule has 0 spiro atoms. The lowest BCUT2D eigenvalue weighted by atomic mass is 10.1. The van der Waals surface area contributed by atoms with Crippen molar-refractivity contribution in [2.24, 2.45) is 5.92 Å². The van der Waals surface area contributed by atoms with Crippen molar-refractivity contribution in [3.05, 3.63) is 10.5 Å². The number of nitrogens with zero attached hydrogens (tertiary/aromatic N) is 2. The van der Waals surface area contributed by atoms with E-state index in [2.05, 4.69) is 29.7 Å². The number of hydrogen-bond acceptors (Lipinski definition) is 4. The van der Waals surface area contributed by atoms with Gasteiger partial charge in [-0.15, -0.1) is 5.10 Å². The maximum Gasteiger partial charge on any atom is 0.343 e. The molecular weight excluding hydrogens is 242 g/mol. The van der Waals surface area contributed by atoms with Gasteiger partial charge in [0.25, 0.3) is 0 Å². The molecule has 1 unspecified atom stereocenters. The molecule has 0 saturated heterocycles. The highest BCUT2D eigenvalue weighted by Crippen LogP contribution is 2.20. The van der Waals surface area contributed by atoms with Crippen molar-refractivity contribution in [2.75, 3.05) is 11.5 Å². The summed E-state index contributed by atoms with van der Waals surface area (Å²) in [6, 6.07) is 0. The minimum absolute atomic E-state index is 0.122. The van der Waals surface area contributed by atoms with E-state index in [4.69, 9.17) is 0 Å². The van der Waals surface area contributed by atoms with Crippen LogP contribution in [0.1, 0.15) is 26.7 Å². The first-order valence-electron chi connectivity index (χ1n) is 5.61. The molecule has 16 heavy (non-hydrogen) atoms. The second-order valence-corrected chi connectivity index (χ2v) is 5.06. The first kappa shape index (κ1) is 13.7. The number of thiol groups is 1. The molecule has 1 atom stereocenters. The molecule has 1 N–H and O–H groups in total. The number of rotatable bonds is 7. The molecule has 4 nitrogen and oxygen atoms in total. The van der Waals surface area contributed by atoms with Crippen molar-refractivity contribution in [1.82, 2.24) is 14.8 Å². The highest BCUT2D eigenvalue weighted by atomic mass is 32.2. The van der Waals surface area contributed by atoms with Gasteiger partial charge in [0.2, 0.25) is 0 Å². The zero-order valence-electron chi connectivity index (χ0n) is 9.77. The van der Waals surface area contributed by atoms with E-state index >= 15 is 0 Å². The van der Waals surface area contributed by atoms with E-state index in [0.29, 0.717) is 12.5 Å². The first-order chi connectivity index (χ1) is 7.72. The monoisotopic (exact) mass is 261 g/mol. The second-order valence-electron chi connectivity index (χ2n) is 3.70. The highest BCUT2D eigenvalue weighted by Gasteiger charge is 2.11. The standard InChI is InChI=1S/C10H19N3OS2/c1-3-5-8(6-15)7-16-10-12-11-9(14)13(10)4-2/h8,15H,3-7H2,1-2H3,(H,11,14). The molecule has 0 bridgehead atoms. The Morgan fingerprint density at radius 1 is 1.56 bits per heavy atom. The maximum atomic E-state index is 11.3. The molecule has 1 aromatic heterocycles. The molecule has 6 heteroatoms. The fourth-order valence-corrected chi connectivity index (χ4v) is 3.15. The van der Waals surface area contributed by atoms with Crippen LogP contribution in [-0.4, -0.2) is 26.3 Å². The lowest BCUT2D eigenvalue weighted by Crippen LogP contribution is -2.16. The van der Waals surface area contributed by atoms with Crippen LogP contribution in [0.2, 0.25) is 0 Å². The zero-order valence-corrected chi connectivity index (χ0v) is 11.5. The maximum absolute atomic E-state index is 11.3. The Balaban J connectivity index is 2.56. The molecule has 0 aromatic carbocycles. The zero-order chi connectivity index (χ0) is 12.0. The van der Waals surface area contributed by atoms with E-state index in [1.807, 2.05) is 6.92 Å². The van der Waals surface area contributed by atoms with Crippen molar-refractivity contribution in [2.45, 2.75) is 38.4 Å². The lowest BCUT2D eigenvalue weighted by Gasteiger charge is -2.11. The molecule has 0 radical (unpaired) electrons. The molecule has 0 saturated carbocycles. The van der Waals surface area contributed by atoms with Crippen LogP contribution in [0.3, 0.4) is 0 Å². The van der Waals surface area contributed by atoms with E-state index in [1.54, 1.807) is 16.3 Å². The van der Waals surface area contributed by atoms with Gasteiger partial charge in [-0.25, -0.2) is 9.89 Å². The third-order valence-corrected chi connectivity index (χ3v) is 4.17. The molecule has 92 valence electrons. The number of nitrogens with one attached hydrogen (secondary N) is 1. The summed E-state index contributed by atoms with van der Waals surface area (Å²) in [6.45, 7) is 4.79. The topological polar surface area (TPSA) is 50.7 Å². The van der Waals surface area contributed by atoms with Crippen LogP contribution in [0, 0.1) is 5.92 Å². The Morgan fingerprint density at radius 3 is 2.88 bits per heavy atom. The van der Waals surface area contributed by atoms with Crippen LogP contribution in [0.4, 0.5) is 0 Å². The molecular formula is C10H19N3OS2. The quantitative estimate of drug-likeness (QED) is 0.583. The number of hydrogen-bond donors (Lipinski definition) is 2. The Morgan fingerprint density at radius 2 is 2.31 bits per heavy atom.